The van der Waals surface area contributed by atoms with Crippen molar-refractivity contribution in [2.45, 2.75) is 6.17 Å². The second-order valence-corrected chi connectivity index (χ2v) is 4.10. The van der Waals surface area contributed by atoms with Crippen LogP contribution in [0.1, 0.15) is 17.5 Å². The van der Waals surface area contributed by atoms with Crippen LogP contribution >= 0.6 is 0 Å². The molecule has 104 valence electrons. The molecule has 2 aromatic rings. The molecule has 0 bridgehead atoms. The van der Waals surface area contributed by atoms with Gasteiger partial charge in [-0.15, -0.1) is 5.11 Å². The van der Waals surface area contributed by atoms with Crippen LogP contribution in [0.5, 0.6) is 0 Å². The summed E-state index contributed by atoms with van der Waals surface area (Å²) in [5.74, 6) is 2.54. The van der Waals surface area contributed by atoms with E-state index in [0.717, 1.165) is 5.56 Å². The average molecular weight is 283 g/mol. The van der Waals surface area contributed by atoms with Crippen LogP contribution < -0.4 is 5.53 Å². The van der Waals surface area contributed by atoms with Crippen LogP contribution in [0.4, 0.5) is 5.88 Å². The molecule has 21 heavy (non-hydrogen) atoms. The lowest BCUT2D eigenvalue weighted by Crippen LogP contribution is -2.27. The maximum atomic E-state index is 10.5. The van der Waals surface area contributed by atoms with Crippen molar-refractivity contribution in [2.24, 2.45) is 10.3 Å². The summed E-state index contributed by atoms with van der Waals surface area (Å²) in [6, 6.07) is 15.0. The van der Waals surface area contributed by atoms with E-state index >= 15 is 0 Å². The lowest BCUT2D eigenvalue weighted by Gasteiger charge is -2.15. The van der Waals surface area contributed by atoms with Gasteiger partial charge in [0, 0.05) is 17.7 Å². The molecular formula is C13H9N5O3. The number of hydrazine groups is 1. The van der Waals surface area contributed by atoms with Crippen molar-refractivity contribution < 1.29 is 9.34 Å². The fourth-order valence-electron chi connectivity index (χ4n) is 1.77. The molecule has 1 unspecified atom stereocenters. The summed E-state index contributed by atoms with van der Waals surface area (Å²) in [7, 11) is 0. The number of hydrogen-bond donors (Lipinski definition) is 1. The van der Waals surface area contributed by atoms with Gasteiger partial charge < -0.3 is 4.42 Å². The number of benzene rings is 1. The quantitative estimate of drug-likeness (QED) is 0.518. The van der Waals surface area contributed by atoms with Gasteiger partial charge >= 0.3 is 5.88 Å². The Bertz CT molecular complexity index is 744. The van der Waals surface area contributed by atoms with Gasteiger partial charge in [0.1, 0.15) is 4.92 Å². The first-order chi connectivity index (χ1) is 10.2. The van der Waals surface area contributed by atoms with Crippen molar-refractivity contribution in [3.05, 3.63) is 63.9 Å². The number of nitrogens with one attached hydrogen (secondary N) is 1. The van der Waals surface area contributed by atoms with E-state index in [2.05, 4.69) is 27.8 Å². The van der Waals surface area contributed by atoms with E-state index in [-0.39, 0.29) is 17.8 Å². The highest BCUT2D eigenvalue weighted by atomic mass is 16.6. The van der Waals surface area contributed by atoms with Crippen molar-refractivity contribution in [3.8, 4) is 12.0 Å². The van der Waals surface area contributed by atoms with Gasteiger partial charge in [-0.1, -0.05) is 35.6 Å². The Morgan fingerprint density at radius 1 is 1.29 bits per heavy atom. The first kappa shape index (κ1) is 12.7. The van der Waals surface area contributed by atoms with E-state index in [9.17, 15) is 10.1 Å². The molecule has 0 saturated carbocycles. The molecule has 0 spiro atoms. The van der Waals surface area contributed by atoms with Crippen LogP contribution in [0.25, 0.3) is 0 Å². The lowest BCUT2D eigenvalue weighted by molar-refractivity contribution is -0.402. The first-order valence-corrected chi connectivity index (χ1v) is 5.99. The summed E-state index contributed by atoms with van der Waals surface area (Å²) >= 11 is 0. The van der Waals surface area contributed by atoms with Crippen LogP contribution in [0.2, 0.25) is 0 Å². The minimum Gasteiger partial charge on any atom is -0.392 e. The Hall–Kier alpha value is -3.34. The summed E-state index contributed by atoms with van der Waals surface area (Å²) in [6.07, 6.45) is -0.372. The van der Waals surface area contributed by atoms with E-state index in [1.165, 1.54) is 17.1 Å². The average Bonchev–Trinajstić information content (AvgIpc) is 3.15. The highest BCUT2D eigenvalue weighted by Crippen LogP contribution is 2.23. The van der Waals surface area contributed by atoms with E-state index in [0.29, 0.717) is 0 Å². The number of rotatable bonds is 2. The van der Waals surface area contributed by atoms with E-state index in [1.54, 1.807) is 0 Å². The van der Waals surface area contributed by atoms with Gasteiger partial charge in [0.2, 0.25) is 0 Å². The van der Waals surface area contributed by atoms with Crippen LogP contribution in [0.3, 0.4) is 0 Å². The standard InChI is InChI=1S/C13H9N5O3/c19-18(20)12-7-6-11(21-12)8-9-17-13(14-15-16-17)10-4-2-1-3-5-10/h1-7,13H,(H,14,16). The Balaban J connectivity index is 1.78. The fraction of sp³-hybridized carbons (Fsp3) is 0.0769. The number of nitro groups is 1. The monoisotopic (exact) mass is 283 g/mol. The Labute approximate surface area is 119 Å². The molecule has 0 saturated heterocycles. The second kappa shape index (κ2) is 5.34. The molecule has 0 radical (unpaired) electrons. The van der Waals surface area contributed by atoms with E-state index in [4.69, 9.17) is 4.42 Å². The third-order valence-electron chi connectivity index (χ3n) is 2.73. The lowest BCUT2D eigenvalue weighted by atomic mass is 10.2. The van der Waals surface area contributed by atoms with Crippen LogP contribution in [0.15, 0.2) is 57.2 Å². The molecule has 1 aromatic heterocycles. The van der Waals surface area contributed by atoms with Crippen molar-refractivity contribution in [1.29, 1.82) is 0 Å². The van der Waals surface area contributed by atoms with Crippen molar-refractivity contribution >= 4 is 5.88 Å². The van der Waals surface area contributed by atoms with Gasteiger partial charge in [0.25, 0.3) is 0 Å². The number of nitrogens with zero attached hydrogens (tertiary/aromatic N) is 4. The minimum absolute atomic E-state index is 0.196. The zero-order valence-electron chi connectivity index (χ0n) is 10.6. The summed E-state index contributed by atoms with van der Waals surface area (Å²) < 4.78 is 4.96. The van der Waals surface area contributed by atoms with Crippen LogP contribution in [-0.2, 0) is 0 Å². The summed E-state index contributed by atoms with van der Waals surface area (Å²) in [5, 5.41) is 19.8. The van der Waals surface area contributed by atoms with Gasteiger partial charge in [0.15, 0.2) is 11.9 Å². The van der Waals surface area contributed by atoms with Crippen molar-refractivity contribution in [3.63, 3.8) is 0 Å². The molecular weight excluding hydrogens is 274 g/mol. The van der Waals surface area contributed by atoms with Gasteiger partial charge in [-0.05, 0) is 5.92 Å². The SMILES string of the molecule is O=[N+]([O-])c1ccc(C#CN2NN=NC2c2ccccc2)o1. The molecule has 8 heteroatoms. The molecule has 1 aliphatic rings. The van der Waals surface area contributed by atoms with Gasteiger partial charge in [0.05, 0.1) is 6.07 Å². The maximum absolute atomic E-state index is 10.5. The normalized spacial score (nSPS) is 16.2. The molecule has 2 heterocycles. The molecule has 1 N–H and O–H groups in total. The largest absolute Gasteiger partial charge is 0.434 e. The third-order valence-corrected chi connectivity index (χ3v) is 2.73. The smallest absolute Gasteiger partial charge is 0.392 e. The van der Waals surface area contributed by atoms with E-state index in [1.807, 2.05) is 30.3 Å². The summed E-state index contributed by atoms with van der Waals surface area (Å²) in [6.45, 7) is 0. The van der Waals surface area contributed by atoms with Gasteiger partial charge in [-0.25, -0.2) is 0 Å². The van der Waals surface area contributed by atoms with Crippen molar-refractivity contribution in [2.75, 3.05) is 0 Å². The molecule has 1 aliphatic heterocycles. The topological polar surface area (TPSA) is 96.3 Å². The highest BCUT2D eigenvalue weighted by molar-refractivity contribution is 5.30. The summed E-state index contributed by atoms with van der Waals surface area (Å²) in [5.41, 5.74) is 3.57. The van der Waals surface area contributed by atoms with Crippen LogP contribution in [0, 0.1) is 22.1 Å². The molecule has 3 rings (SSSR count). The molecule has 8 nitrogen and oxygen atoms in total. The van der Waals surface area contributed by atoms with Crippen molar-refractivity contribution in [1.82, 2.24) is 10.5 Å². The minimum atomic E-state index is -0.614. The predicted molar refractivity (Wildman–Crippen MR) is 71.3 cm³/mol. The number of hydrogen-bond acceptors (Lipinski definition) is 7. The number of furan rings is 1. The first-order valence-electron chi connectivity index (χ1n) is 5.99. The van der Waals surface area contributed by atoms with Gasteiger partial charge in [-0.2, -0.15) is 10.5 Å². The molecule has 0 aliphatic carbocycles. The molecule has 1 atom stereocenters. The summed E-state index contributed by atoms with van der Waals surface area (Å²) in [4.78, 5) is 9.91. The van der Waals surface area contributed by atoms with Crippen LogP contribution in [-0.4, -0.2) is 9.93 Å². The predicted octanol–water partition coefficient (Wildman–Crippen LogP) is 2.38. The fourth-order valence-corrected chi connectivity index (χ4v) is 1.77. The third kappa shape index (κ3) is 2.66. The Morgan fingerprint density at radius 3 is 2.81 bits per heavy atom. The molecule has 1 aromatic carbocycles. The zero-order valence-corrected chi connectivity index (χ0v) is 10.6. The van der Waals surface area contributed by atoms with E-state index < -0.39 is 4.92 Å². The highest BCUT2D eigenvalue weighted by Gasteiger charge is 2.22. The Morgan fingerprint density at radius 2 is 2.10 bits per heavy atom. The maximum Gasteiger partial charge on any atom is 0.434 e. The second-order valence-electron chi connectivity index (χ2n) is 4.10. The Kier molecular flexibility index (Phi) is 3.22. The zero-order chi connectivity index (χ0) is 14.7. The molecule has 0 amide bonds. The molecule has 0 fully saturated rings. The van der Waals surface area contributed by atoms with Gasteiger partial charge in [-0.3, -0.25) is 10.1 Å².